The molecule has 1 aliphatic heterocycles. The van der Waals surface area contributed by atoms with E-state index in [0.29, 0.717) is 12.6 Å². The van der Waals surface area contributed by atoms with Crippen LogP contribution in [0.4, 0.5) is 0 Å². The maximum Gasteiger partial charge on any atom is 0.0933 e. The zero-order valence-corrected chi connectivity index (χ0v) is 11.6. The molecule has 0 amide bonds. The minimum absolute atomic E-state index is 0.200. The highest BCUT2D eigenvalue weighted by Crippen LogP contribution is 2.26. The summed E-state index contributed by atoms with van der Waals surface area (Å²) in [4.78, 5) is 2.78. The summed E-state index contributed by atoms with van der Waals surface area (Å²) in [5.74, 6) is 0. The number of aryl methyl sites for hydroxylation is 2. The van der Waals surface area contributed by atoms with Crippen LogP contribution in [0.1, 0.15) is 28.3 Å². The van der Waals surface area contributed by atoms with Gasteiger partial charge in [-0.2, -0.15) is 0 Å². The maximum atomic E-state index is 5.61. The van der Waals surface area contributed by atoms with Crippen molar-refractivity contribution in [3.05, 3.63) is 21.4 Å². The van der Waals surface area contributed by atoms with Gasteiger partial charge in [-0.05, 0) is 32.4 Å². The molecule has 96 valence electrons. The first-order valence-electron chi connectivity index (χ1n) is 6.16. The van der Waals surface area contributed by atoms with Crippen molar-refractivity contribution in [3.8, 4) is 0 Å². The molecule has 1 saturated heterocycles. The number of rotatable bonds is 4. The normalized spacial score (nSPS) is 22.6. The summed E-state index contributed by atoms with van der Waals surface area (Å²) < 4.78 is 11.0. The van der Waals surface area contributed by atoms with E-state index >= 15 is 0 Å². The Morgan fingerprint density at radius 3 is 2.88 bits per heavy atom. The van der Waals surface area contributed by atoms with Gasteiger partial charge in [0.1, 0.15) is 0 Å². The van der Waals surface area contributed by atoms with Gasteiger partial charge in [0.15, 0.2) is 0 Å². The predicted molar refractivity (Wildman–Crippen MR) is 70.8 cm³/mol. The molecule has 0 aliphatic carbocycles. The fourth-order valence-corrected chi connectivity index (χ4v) is 3.18. The Labute approximate surface area is 107 Å². The Kier molecular flexibility index (Phi) is 4.56. The molecule has 1 N–H and O–H groups in total. The largest absolute Gasteiger partial charge is 0.376 e. The molecule has 1 aliphatic rings. The first-order chi connectivity index (χ1) is 8.16. The van der Waals surface area contributed by atoms with Crippen molar-refractivity contribution in [1.29, 1.82) is 0 Å². The van der Waals surface area contributed by atoms with E-state index in [9.17, 15) is 0 Å². The maximum absolute atomic E-state index is 5.61. The van der Waals surface area contributed by atoms with Crippen LogP contribution in [-0.2, 0) is 9.47 Å². The van der Waals surface area contributed by atoms with Gasteiger partial charge in [-0.1, -0.05) is 0 Å². The van der Waals surface area contributed by atoms with E-state index in [1.807, 2.05) is 11.3 Å². The Morgan fingerprint density at radius 1 is 1.47 bits per heavy atom. The molecule has 0 radical (unpaired) electrons. The van der Waals surface area contributed by atoms with Gasteiger partial charge in [0, 0.05) is 22.3 Å². The van der Waals surface area contributed by atoms with Crippen LogP contribution in [0.3, 0.4) is 0 Å². The fourth-order valence-electron chi connectivity index (χ4n) is 2.15. The van der Waals surface area contributed by atoms with Crippen molar-refractivity contribution in [2.24, 2.45) is 0 Å². The van der Waals surface area contributed by atoms with Crippen LogP contribution < -0.4 is 5.32 Å². The van der Waals surface area contributed by atoms with E-state index in [4.69, 9.17) is 9.47 Å². The quantitative estimate of drug-likeness (QED) is 0.896. The molecule has 1 fully saturated rings. The zero-order chi connectivity index (χ0) is 12.3. The molecule has 4 heteroatoms. The topological polar surface area (TPSA) is 30.5 Å². The molecule has 0 bridgehead atoms. The van der Waals surface area contributed by atoms with Gasteiger partial charge in [-0.15, -0.1) is 11.3 Å². The average Bonchev–Trinajstić information content (AvgIpc) is 2.67. The molecule has 2 rings (SSSR count). The lowest BCUT2D eigenvalue weighted by atomic mass is 10.1. The molecule has 3 nitrogen and oxygen atoms in total. The fraction of sp³-hybridized carbons (Fsp3) is 0.692. The molecular formula is C13H21NO2S. The molecule has 0 saturated carbocycles. The van der Waals surface area contributed by atoms with Gasteiger partial charge >= 0.3 is 0 Å². The van der Waals surface area contributed by atoms with Gasteiger partial charge < -0.3 is 14.8 Å². The van der Waals surface area contributed by atoms with Crippen molar-refractivity contribution < 1.29 is 9.47 Å². The van der Waals surface area contributed by atoms with Crippen LogP contribution in [0.5, 0.6) is 0 Å². The minimum atomic E-state index is 0.200. The highest BCUT2D eigenvalue weighted by Gasteiger charge is 2.16. The highest BCUT2D eigenvalue weighted by molar-refractivity contribution is 7.12. The Balaban J connectivity index is 1.84. The molecule has 2 atom stereocenters. The summed E-state index contributed by atoms with van der Waals surface area (Å²) in [7, 11) is 0. The molecule has 2 heterocycles. The third kappa shape index (κ3) is 3.52. The lowest BCUT2D eigenvalue weighted by molar-refractivity contribution is -0.0869. The third-order valence-corrected chi connectivity index (χ3v) is 4.06. The molecular weight excluding hydrogens is 234 g/mol. The summed E-state index contributed by atoms with van der Waals surface area (Å²) in [5.41, 5.74) is 1.41. The summed E-state index contributed by atoms with van der Waals surface area (Å²) in [6.07, 6.45) is 0.200. The second-order valence-electron chi connectivity index (χ2n) is 4.57. The van der Waals surface area contributed by atoms with E-state index < -0.39 is 0 Å². The Morgan fingerprint density at radius 2 is 2.29 bits per heavy atom. The van der Waals surface area contributed by atoms with Crippen LogP contribution in [0.25, 0.3) is 0 Å². The molecule has 2 unspecified atom stereocenters. The Bertz CT molecular complexity index is 358. The molecule has 1 aromatic heterocycles. The van der Waals surface area contributed by atoms with Crippen LogP contribution >= 0.6 is 11.3 Å². The summed E-state index contributed by atoms with van der Waals surface area (Å²) in [6.45, 7) is 9.57. The summed E-state index contributed by atoms with van der Waals surface area (Å²) in [5, 5.41) is 3.52. The lowest BCUT2D eigenvalue weighted by Gasteiger charge is -2.25. The minimum Gasteiger partial charge on any atom is -0.376 e. The van der Waals surface area contributed by atoms with E-state index in [2.05, 4.69) is 32.2 Å². The van der Waals surface area contributed by atoms with Crippen molar-refractivity contribution in [2.75, 3.05) is 26.4 Å². The van der Waals surface area contributed by atoms with Crippen LogP contribution in [0, 0.1) is 13.8 Å². The first-order valence-corrected chi connectivity index (χ1v) is 6.98. The van der Waals surface area contributed by atoms with Gasteiger partial charge in [-0.3, -0.25) is 0 Å². The van der Waals surface area contributed by atoms with Crippen molar-refractivity contribution in [1.82, 2.24) is 5.32 Å². The number of nitrogens with one attached hydrogen (secondary N) is 1. The number of hydrogen-bond donors (Lipinski definition) is 1. The van der Waals surface area contributed by atoms with E-state index in [-0.39, 0.29) is 6.10 Å². The number of hydrogen-bond acceptors (Lipinski definition) is 4. The highest BCUT2D eigenvalue weighted by atomic mass is 32.1. The standard InChI is InChI=1S/C13H21NO2S/c1-9-6-13(11(3)17-9)10(2)14-7-12-8-15-4-5-16-12/h6,10,12,14H,4-5,7-8H2,1-3H3. The van der Waals surface area contributed by atoms with Crippen molar-refractivity contribution in [2.45, 2.75) is 32.9 Å². The van der Waals surface area contributed by atoms with Crippen LogP contribution in [0.2, 0.25) is 0 Å². The van der Waals surface area contributed by atoms with E-state index in [1.54, 1.807) is 0 Å². The number of ether oxygens (including phenoxy) is 2. The van der Waals surface area contributed by atoms with Crippen molar-refractivity contribution >= 4 is 11.3 Å². The smallest absolute Gasteiger partial charge is 0.0933 e. The first kappa shape index (κ1) is 13.0. The second-order valence-corrected chi connectivity index (χ2v) is 6.03. The van der Waals surface area contributed by atoms with Gasteiger partial charge in [0.05, 0.1) is 25.9 Å². The third-order valence-electron chi connectivity index (χ3n) is 3.08. The summed E-state index contributed by atoms with van der Waals surface area (Å²) >= 11 is 1.86. The van der Waals surface area contributed by atoms with Gasteiger partial charge in [0.2, 0.25) is 0 Å². The van der Waals surface area contributed by atoms with Crippen LogP contribution in [0.15, 0.2) is 6.07 Å². The van der Waals surface area contributed by atoms with Gasteiger partial charge in [0.25, 0.3) is 0 Å². The second kappa shape index (κ2) is 5.96. The van der Waals surface area contributed by atoms with Crippen LogP contribution in [-0.4, -0.2) is 32.5 Å². The van der Waals surface area contributed by atoms with Gasteiger partial charge in [-0.25, -0.2) is 0 Å². The monoisotopic (exact) mass is 255 g/mol. The van der Waals surface area contributed by atoms with E-state index in [0.717, 1.165) is 19.8 Å². The Hall–Kier alpha value is -0.420. The molecule has 1 aromatic rings. The molecule has 17 heavy (non-hydrogen) atoms. The predicted octanol–water partition coefficient (Wildman–Crippen LogP) is 2.43. The molecule has 0 aromatic carbocycles. The zero-order valence-electron chi connectivity index (χ0n) is 10.8. The van der Waals surface area contributed by atoms with E-state index in [1.165, 1.54) is 15.3 Å². The van der Waals surface area contributed by atoms with Crippen molar-refractivity contribution in [3.63, 3.8) is 0 Å². The average molecular weight is 255 g/mol. The SMILES string of the molecule is Cc1cc(C(C)NCC2COCCO2)c(C)s1. The summed E-state index contributed by atoms with van der Waals surface area (Å²) in [6, 6.07) is 2.65. The number of thiophene rings is 1. The molecule has 0 spiro atoms. The lowest BCUT2D eigenvalue weighted by Crippen LogP contribution is -2.38.